The topological polar surface area (TPSA) is 125 Å². The number of aromatic amines is 1. The van der Waals surface area contributed by atoms with Crippen molar-refractivity contribution in [3.05, 3.63) is 52.3 Å². The Hall–Kier alpha value is -2.76. The number of carbonyl (C=O) groups excluding carboxylic acids is 1. The first-order valence-corrected chi connectivity index (χ1v) is 11.3. The van der Waals surface area contributed by atoms with Gasteiger partial charge in [0.15, 0.2) is 5.82 Å². The molecule has 0 spiro atoms. The van der Waals surface area contributed by atoms with Gasteiger partial charge in [-0.25, -0.2) is 13.2 Å². The van der Waals surface area contributed by atoms with E-state index in [0.29, 0.717) is 41.4 Å². The summed E-state index contributed by atoms with van der Waals surface area (Å²) in [5.41, 5.74) is 1.16. The van der Waals surface area contributed by atoms with Gasteiger partial charge in [-0.1, -0.05) is 23.4 Å². The molecule has 0 atom stereocenters. The van der Waals surface area contributed by atoms with Crippen molar-refractivity contribution in [2.75, 3.05) is 18.4 Å². The Morgan fingerprint density at radius 3 is 2.69 bits per heavy atom. The van der Waals surface area contributed by atoms with Gasteiger partial charge in [0, 0.05) is 30.3 Å². The maximum Gasteiger partial charge on any atom is 0.439 e. The Morgan fingerprint density at radius 2 is 2.03 bits per heavy atom. The molecule has 2 aromatic heterocycles. The number of benzene rings is 1. The van der Waals surface area contributed by atoms with E-state index in [2.05, 4.69) is 20.0 Å². The average molecular weight is 434 g/mol. The van der Waals surface area contributed by atoms with Crippen LogP contribution < -0.4 is 11.1 Å². The number of thiophene rings is 1. The van der Waals surface area contributed by atoms with Gasteiger partial charge < -0.3 is 5.32 Å². The molecule has 0 bridgehead atoms. The number of nitrogens with one attached hydrogen (secondary N) is 2. The van der Waals surface area contributed by atoms with Crippen LogP contribution in [-0.4, -0.2) is 41.9 Å². The van der Waals surface area contributed by atoms with Crippen LogP contribution in [0.2, 0.25) is 0 Å². The number of amides is 1. The largest absolute Gasteiger partial charge is 0.439 e. The Bertz CT molecular complexity index is 1160. The summed E-state index contributed by atoms with van der Waals surface area (Å²) in [6.45, 7) is 0.608. The Kier molecular flexibility index (Phi) is 5.35. The number of anilines is 1. The van der Waals surface area contributed by atoms with Crippen LogP contribution in [0.1, 0.15) is 12.8 Å². The summed E-state index contributed by atoms with van der Waals surface area (Å²) in [7, 11) is -3.49. The van der Waals surface area contributed by atoms with Crippen LogP contribution in [0.5, 0.6) is 0 Å². The average Bonchev–Trinajstić information content (AvgIpc) is 3.40. The van der Waals surface area contributed by atoms with Crippen molar-refractivity contribution in [2.24, 2.45) is 5.92 Å². The SMILES string of the molecule is O=C(Nc1cccc(-c2noc(=O)[nH]2)c1)C1CCN(S(=O)(=O)c2cccs2)CC1. The van der Waals surface area contributed by atoms with Crippen molar-refractivity contribution in [3.63, 3.8) is 0 Å². The van der Waals surface area contributed by atoms with Crippen molar-refractivity contribution < 1.29 is 17.7 Å². The minimum Gasteiger partial charge on any atom is -0.326 e. The van der Waals surface area contributed by atoms with E-state index >= 15 is 0 Å². The molecule has 3 heterocycles. The second-order valence-electron chi connectivity index (χ2n) is 6.62. The van der Waals surface area contributed by atoms with Gasteiger partial charge in [0.1, 0.15) is 4.21 Å². The zero-order valence-corrected chi connectivity index (χ0v) is 16.8. The van der Waals surface area contributed by atoms with Crippen LogP contribution in [0, 0.1) is 5.92 Å². The van der Waals surface area contributed by atoms with Crippen LogP contribution in [0.3, 0.4) is 0 Å². The zero-order chi connectivity index (χ0) is 20.4. The molecule has 0 radical (unpaired) electrons. The van der Waals surface area contributed by atoms with Gasteiger partial charge in [-0.05, 0) is 36.4 Å². The standard InChI is InChI=1S/C18H18N4O5S2/c23-17(19-14-4-1-3-13(11-14)16-20-18(24)27-21-16)12-6-8-22(9-7-12)29(25,26)15-5-2-10-28-15/h1-5,10-12H,6-9H2,(H,19,23)(H,20,21,24). The van der Waals surface area contributed by atoms with E-state index in [-0.39, 0.29) is 17.6 Å². The number of nitrogens with zero attached hydrogens (tertiary/aromatic N) is 2. The molecule has 11 heteroatoms. The number of piperidine rings is 1. The number of H-pyrrole nitrogens is 1. The van der Waals surface area contributed by atoms with Gasteiger partial charge in [-0.3, -0.25) is 14.3 Å². The quantitative estimate of drug-likeness (QED) is 0.634. The number of carbonyl (C=O) groups is 1. The zero-order valence-electron chi connectivity index (χ0n) is 15.2. The highest BCUT2D eigenvalue weighted by Gasteiger charge is 2.32. The molecule has 1 saturated heterocycles. The van der Waals surface area contributed by atoms with E-state index in [0.717, 1.165) is 0 Å². The summed E-state index contributed by atoms with van der Waals surface area (Å²) in [6.07, 6.45) is 0.902. The van der Waals surface area contributed by atoms with E-state index in [9.17, 15) is 18.0 Å². The minimum absolute atomic E-state index is 0.163. The Labute approximate surface area is 170 Å². The molecule has 2 N–H and O–H groups in total. The molecule has 1 aromatic carbocycles. The van der Waals surface area contributed by atoms with Crippen LogP contribution in [0.15, 0.2) is 55.3 Å². The summed E-state index contributed by atoms with van der Waals surface area (Å²) in [5.74, 6) is -0.818. The summed E-state index contributed by atoms with van der Waals surface area (Å²) >= 11 is 1.19. The molecule has 1 aliphatic heterocycles. The number of hydrogen-bond acceptors (Lipinski definition) is 7. The maximum atomic E-state index is 12.6. The van der Waals surface area contributed by atoms with Crippen LogP contribution >= 0.6 is 11.3 Å². The third-order valence-corrected chi connectivity index (χ3v) is 8.03. The molecular weight excluding hydrogens is 416 g/mol. The first kappa shape index (κ1) is 19.6. The predicted molar refractivity (Wildman–Crippen MR) is 107 cm³/mol. The van der Waals surface area contributed by atoms with Gasteiger partial charge in [0.25, 0.3) is 10.0 Å². The molecule has 1 fully saturated rings. The fourth-order valence-electron chi connectivity index (χ4n) is 3.24. The third kappa shape index (κ3) is 4.16. The summed E-state index contributed by atoms with van der Waals surface area (Å²) in [6, 6.07) is 10.2. The molecule has 9 nitrogen and oxygen atoms in total. The second-order valence-corrected chi connectivity index (χ2v) is 9.74. The number of rotatable bonds is 5. The highest BCUT2D eigenvalue weighted by molar-refractivity contribution is 7.91. The maximum absolute atomic E-state index is 12.6. The van der Waals surface area contributed by atoms with Crippen molar-refractivity contribution in [1.82, 2.24) is 14.4 Å². The van der Waals surface area contributed by atoms with Gasteiger partial charge >= 0.3 is 5.76 Å². The molecule has 0 saturated carbocycles. The molecule has 1 aliphatic rings. The highest BCUT2D eigenvalue weighted by Crippen LogP contribution is 2.27. The predicted octanol–water partition coefficient (Wildman–Crippen LogP) is 2.13. The Balaban J connectivity index is 1.39. The fourth-order valence-corrected chi connectivity index (χ4v) is 5.85. The van der Waals surface area contributed by atoms with E-state index in [1.54, 1.807) is 41.8 Å². The Morgan fingerprint density at radius 1 is 1.24 bits per heavy atom. The van der Waals surface area contributed by atoms with Crippen molar-refractivity contribution in [3.8, 4) is 11.4 Å². The van der Waals surface area contributed by atoms with Gasteiger partial charge in [0.2, 0.25) is 5.91 Å². The van der Waals surface area contributed by atoms with Gasteiger partial charge in [0.05, 0.1) is 0 Å². The van der Waals surface area contributed by atoms with E-state index in [4.69, 9.17) is 0 Å². The lowest BCUT2D eigenvalue weighted by molar-refractivity contribution is -0.120. The highest BCUT2D eigenvalue weighted by atomic mass is 32.2. The molecule has 1 amide bonds. The molecule has 152 valence electrons. The van der Waals surface area contributed by atoms with E-state index < -0.39 is 15.8 Å². The number of sulfonamides is 1. The number of hydrogen-bond donors (Lipinski definition) is 2. The lowest BCUT2D eigenvalue weighted by Gasteiger charge is -2.30. The first-order chi connectivity index (χ1) is 13.9. The third-order valence-electron chi connectivity index (χ3n) is 4.76. The molecule has 0 unspecified atom stereocenters. The van der Waals surface area contributed by atoms with Crippen LogP contribution in [-0.2, 0) is 14.8 Å². The second kappa shape index (κ2) is 7.93. The molecule has 3 aromatic rings. The summed E-state index contributed by atoms with van der Waals surface area (Å²) in [5, 5.41) is 8.22. The van der Waals surface area contributed by atoms with E-state index in [1.165, 1.54) is 15.6 Å². The summed E-state index contributed by atoms with van der Waals surface area (Å²) < 4.78 is 31.4. The smallest absolute Gasteiger partial charge is 0.326 e. The van der Waals surface area contributed by atoms with Crippen molar-refractivity contribution in [2.45, 2.75) is 17.1 Å². The lowest BCUT2D eigenvalue weighted by Crippen LogP contribution is -2.41. The monoisotopic (exact) mass is 434 g/mol. The van der Waals surface area contributed by atoms with E-state index in [1.807, 2.05) is 0 Å². The van der Waals surface area contributed by atoms with Crippen LogP contribution in [0.4, 0.5) is 5.69 Å². The van der Waals surface area contributed by atoms with Gasteiger partial charge in [-0.15, -0.1) is 11.3 Å². The van der Waals surface area contributed by atoms with Crippen molar-refractivity contribution in [1.29, 1.82) is 0 Å². The molecule has 29 heavy (non-hydrogen) atoms. The lowest BCUT2D eigenvalue weighted by atomic mass is 9.97. The number of aromatic nitrogens is 2. The fraction of sp³-hybridized carbons (Fsp3) is 0.278. The minimum atomic E-state index is -3.49. The molecule has 0 aliphatic carbocycles. The summed E-state index contributed by atoms with van der Waals surface area (Å²) in [4.78, 5) is 26.2. The first-order valence-electron chi connectivity index (χ1n) is 8.94. The molecular formula is C18H18N4O5S2. The van der Waals surface area contributed by atoms with Gasteiger partial charge in [-0.2, -0.15) is 4.31 Å². The molecule has 4 rings (SSSR count). The van der Waals surface area contributed by atoms with Crippen molar-refractivity contribution >= 4 is 33.0 Å². The normalized spacial score (nSPS) is 16.0. The van der Waals surface area contributed by atoms with Crippen LogP contribution in [0.25, 0.3) is 11.4 Å².